The standard InChI is InChI=1S/C66H133N2O6P/c1-6-8-10-12-14-16-18-20-22-24-26-28-30-31-32-33-34-35-36-38-39-41-43-45-47-49-51-53-55-57-59-65(69)64(63-74-75(71,72)73-62-61-68(3,4)5)67-66(70)60-58-56-54-52-50-48-46-44-42-40-37-29-27-25-23-21-19-17-15-13-11-9-7-2/h57,59,64-65,69H,6-56,58,60-63H2,1-5H3,(H-,67,70,71,72)/b59-57+. The molecule has 2 N–H and O–H groups in total. The number of hydrogen-bond donors (Lipinski definition) is 2. The Kier molecular flexibility index (Phi) is 57.3. The second kappa shape index (κ2) is 57.9. The van der Waals surface area contributed by atoms with E-state index in [0.717, 1.165) is 38.5 Å². The molecule has 75 heavy (non-hydrogen) atoms. The Morgan fingerprint density at radius 3 is 1.00 bits per heavy atom. The molecule has 0 bridgehead atoms. The summed E-state index contributed by atoms with van der Waals surface area (Å²) in [6, 6.07) is -0.883. The van der Waals surface area contributed by atoms with E-state index in [2.05, 4.69) is 19.2 Å². The average Bonchev–Trinajstić information content (AvgIpc) is 3.37. The largest absolute Gasteiger partial charge is 0.756 e. The van der Waals surface area contributed by atoms with E-state index < -0.39 is 20.0 Å². The zero-order valence-electron chi connectivity index (χ0n) is 51.3. The van der Waals surface area contributed by atoms with E-state index in [0.29, 0.717) is 17.4 Å². The van der Waals surface area contributed by atoms with Crippen LogP contribution in [-0.4, -0.2) is 68.5 Å². The minimum Gasteiger partial charge on any atom is -0.756 e. The van der Waals surface area contributed by atoms with E-state index in [-0.39, 0.29) is 19.1 Å². The minimum atomic E-state index is -4.60. The summed E-state index contributed by atoms with van der Waals surface area (Å²) in [5.41, 5.74) is 0. The third kappa shape index (κ3) is 60.7. The molecule has 0 rings (SSSR count). The zero-order chi connectivity index (χ0) is 54.9. The number of allylic oxidation sites excluding steroid dienone is 1. The van der Waals surface area contributed by atoms with Gasteiger partial charge in [0.05, 0.1) is 39.9 Å². The van der Waals surface area contributed by atoms with Crippen molar-refractivity contribution in [2.24, 2.45) is 0 Å². The van der Waals surface area contributed by atoms with Crippen molar-refractivity contribution >= 4 is 13.7 Å². The van der Waals surface area contributed by atoms with E-state index in [9.17, 15) is 19.4 Å². The number of nitrogens with zero attached hydrogens (tertiary/aromatic N) is 1. The maximum Gasteiger partial charge on any atom is 0.268 e. The van der Waals surface area contributed by atoms with Crippen LogP contribution in [0, 0.1) is 0 Å². The average molecular weight is 1080 g/mol. The number of unbranched alkanes of at least 4 members (excludes halogenated alkanes) is 50. The number of amides is 1. The van der Waals surface area contributed by atoms with E-state index >= 15 is 0 Å². The lowest BCUT2D eigenvalue weighted by molar-refractivity contribution is -0.870. The SMILES string of the molecule is CCCCCCCCCCCCCCCCCCCCCCCCCCCCCC/C=C/C(O)C(COP(=O)([O-])OCC[N+](C)(C)C)NC(=O)CCCCCCCCCCCCCCCCCCCCCCCCC. The molecule has 1 amide bonds. The molecule has 0 aliphatic rings. The number of hydrogen-bond acceptors (Lipinski definition) is 6. The van der Waals surface area contributed by atoms with Crippen LogP contribution in [0.4, 0.5) is 0 Å². The second-order valence-electron chi connectivity index (χ2n) is 24.5. The van der Waals surface area contributed by atoms with Crippen molar-refractivity contribution in [3.63, 3.8) is 0 Å². The predicted molar refractivity (Wildman–Crippen MR) is 326 cm³/mol. The molecule has 0 spiro atoms. The lowest BCUT2D eigenvalue weighted by Gasteiger charge is -2.29. The van der Waals surface area contributed by atoms with Crippen LogP contribution in [0.2, 0.25) is 0 Å². The Hall–Kier alpha value is -0.760. The first-order valence-electron chi connectivity index (χ1n) is 33.6. The van der Waals surface area contributed by atoms with Crippen LogP contribution in [0.5, 0.6) is 0 Å². The van der Waals surface area contributed by atoms with Gasteiger partial charge in [0, 0.05) is 6.42 Å². The lowest BCUT2D eigenvalue weighted by Crippen LogP contribution is -2.45. The summed E-state index contributed by atoms with van der Waals surface area (Å²) in [6.07, 6.45) is 73.2. The highest BCUT2D eigenvalue weighted by molar-refractivity contribution is 7.45. The van der Waals surface area contributed by atoms with Gasteiger partial charge in [0.15, 0.2) is 0 Å². The number of carbonyl (C=O) groups excluding carboxylic acids is 1. The number of aliphatic hydroxyl groups is 1. The van der Waals surface area contributed by atoms with Crippen LogP contribution < -0.4 is 10.2 Å². The number of phosphoric ester groups is 1. The molecule has 0 fully saturated rings. The van der Waals surface area contributed by atoms with Gasteiger partial charge in [-0.15, -0.1) is 0 Å². The number of carbonyl (C=O) groups is 1. The first-order valence-corrected chi connectivity index (χ1v) is 35.0. The molecule has 8 nitrogen and oxygen atoms in total. The highest BCUT2D eigenvalue weighted by Gasteiger charge is 2.23. The maximum atomic E-state index is 13.0. The van der Waals surface area contributed by atoms with Crippen LogP contribution in [0.15, 0.2) is 12.2 Å². The molecule has 0 saturated heterocycles. The molecule has 0 aromatic rings. The molecule has 0 saturated carbocycles. The van der Waals surface area contributed by atoms with Crippen molar-refractivity contribution in [2.45, 2.75) is 366 Å². The van der Waals surface area contributed by atoms with Crippen LogP contribution >= 0.6 is 7.82 Å². The fourth-order valence-electron chi connectivity index (χ4n) is 10.5. The monoisotopic (exact) mass is 1080 g/mol. The summed E-state index contributed by atoms with van der Waals surface area (Å²) in [4.78, 5) is 25.6. The van der Waals surface area contributed by atoms with Gasteiger partial charge in [-0.05, 0) is 19.3 Å². The van der Waals surface area contributed by atoms with Crippen molar-refractivity contribution in [3.8, 4) is 0 Å². The van der Waals surface area contributed by atoms with Crippen LogP contribution in [-0.2, 0) is 18.4 Å². The van der Waals surface area contributed by atoms with Gasteiger partial charge in [0.1, 0.15) is 13.2 Å². The number of nitrogens with one attached hydrogen (secondary N) is 1. The van der Waals surface area contributed by atoms with Gasteiger partial charge >= 0.3 is 0 Å². The fraction of sp³-hybridized carbons (Fsp3) is 0.955. The Morgan fingerprint density at radius 1 is 0.453 bits per heavy atom. The van der Waals surface area contributed by atoms with Crippen molar-refractivity contribution in [3.05, 3.63) is 12.2 Å². The third-order valence-electron chi connectivity index (χ3n) is 15.7. The lowest BCUT2D eigenvalue weighted by atomic mass is 10.0. The highest BCUT2D eigenvalue weighted by atomic mass is 31.2. The van der Waals surface area contributed by atoms with Crippen LogP contribution in [0.1, 0.15) is 354 Å². The molecule has 0 aromatic carbocycles. The zero-order valence-corrected chi connectivity index (χ0v) is 52.2. The number of aliphatic hydroxyl groups excluding tert-OH is 1. The van der Waals surface area contributed by atoms with E-state index in [4.69, 9.17) is 9.05 Å². The van der Waals surface area contributed by atoms with Gasteiger partial charge in [0.2, 0.25) is 5.91 Å². The molecular formula is C66H133N2O6P. The number of quaternary nitrogens is 1. The smallest absolute Gasteiger partial charge is 0.268 e. The topological polar surface area (TPSA) is 108 Å². The molecule has 9 heteroatoms. The van der Waals surface area contributed by atoms with Crippen molar-refractivity contribution in [2.75, 3.05) is 40.9 Å². The van der Waals surface area contributed by atoms with E-state index in [1.807, 2.05) is 27.2 Å². The molecule has 0 aliphatic carbocycles. The molecule has 0 aliphatic heterocycles. The quantitative estimate of drug-likeness (QED) is 0.0272. The molecule has 0 aromatic heterocycles. The van der Waals surface area contributed by atoms with Crippen LogP contribution in [0.25, 0.3) is 0 Å². The first-order chi connectivity index (χ1) is 36.5. The summed E-state index contributed by atoms with van der Waals surface area (Å²) in [5.74, 6) is -0.188. The van der Waals surface area contributed by atoms with Crippen molar-refractivity contribution in [1.29, 1.82) is 0 Å². The third-order valence-corrected chi connectivity index (χ3v) is 16.7. The van der Waals surface area contributed by atoms with E-state index in [1.54, 1.807) is 6.08 Å². The van der Waals surface area contributed by atoms with Gasteiger partial charge in [-0.1, -0.05) is 341 Å². The van der Waals surface area contributed by atoms with Gasteiger partial charge in [-0.25, -0.2) is 0 Å². The Morgan fingerprint density at radius 2 is 0.720 bits per heavy atom. The van der Waals surface area contributed by atoms with Crippen molar-refractivity contribution in [1.82, 2.24) is 5.32 Å². The Labute approximate surface area is 469 Å². The summed E-state index contributed by atoms with van der Waals surface area (Å²) in [5, 5.41) is 14.0. The number of phosphoric acid groups is 1. The first kappa shape index (κ1) is 74.2. The maximum absolute atomic E-state index is 13.0. The Balaban J connectivity index is 4.06. The summed E-state index contributed by atoms with van der Waals surface area (Å²) < 4.78 is 23.4. The van der Waals surface area contributed by atoms with E-state index in [1.165, 1.54) is 295 Å². The fourth-order valence-corrected chi connectivity index (χ4v) is 11.2. The number of rotatable bonds is 63. The predicted octanol–water partition coefficient (Wildman–Crippen LogP) is 20.3. The molecular weight excluding hydrogens is 948 g/mol. The van der Waals surface area contributed by atoms with Crippen molar-refractivity contribution < 1.29 is 32.9 Å². The van der Waals surface area contributed by atoms with Gasteiger partial charge < -0.3 is 28.8 Å². The molecule has 3 atom stereocenters. The Bertz CT molecular complexity index is 1230. The molecule has 448 valence electrons. The molecule has 0 radical (unpaired) electrons. The normalized spacial score (nSPS) is 13.7. The minimum absolute atomic E-state index is 0.00294. The van der Waals surface area contributed by atoms with Gasteiger partial charge in [0.25, 0.3) is 7.82 Å². The number of likely N-dealkylation sites (N-methyl/N-ethyl adjacent to an activating group) is 1. The highest BCUT2D eigenvalue weighted by Crippen LogP contribution is 2.38. The van der Waals surface area contributed by atoms with Gasteiger partial charge in [-0.3, -0.25) is 9.36 Å². The molecule has 0 heterocycles. The molecule has 3 unspecified atom stereocenters. The summed E-state index contributed by atoms with van der Waals surface area (Å²) >= 11 is 0. The van der Waals surface area contributed by atoms with Crippen LogP contribution in [0.3, 0.4) is 0 Å². The summed E-state index contributed by atoms with van der Waals surface area (Å²) in [6.45, 7) is 4.72. The summed E-state index contributed by atoms with van der Waals surface area (Å²) in [7, 11) is 1.28. The van der Waals surface area contributed by atoms with Gasteiger partial charge in [-0.2, -0.15) is 0 Å². The second-order valence-corrected chi connectivity index (χ2v) is 26.0.